The summed E-state index contributed by atoms with van der Waals surface area (Å²) in [6.07, 6.45) is -3.17. The maximum absolute atomic E-state index is 12.6. The van der Waals surface area contributed by atoms with Gasteiger partial charge in [0.2, 0.25) is 0 Å². The number of halogens is 4. The molecule has 3 rings (SSSR count). The highest BCUT2D eigenvalue weighted by molar-refractivity contribution is 6.13. The van der Waals surface area contributed by atoms with Crippen LogP contribution >= 0.6 is 11.8 Å². The van der Waals surface area contributed by atoms with Gasteiger partial charge in [0.05, 0.1) is 5.56 Å². The Kier molecular flexibility index (Phi) is 4.15. The molecule has 0 saturated heterocycles. The van der Waals surface area contributed by atoms with Gasteiger partial charge in [-0.3, -0.25) is 0 Å². The van der Waals surface area contributed by atoms with Crippen LogP contribution in [0.15, 0.2) is 48.5 Å². The standard InChI is InChI=1S/C17H15ClF3N/c18-22-10-14-9-16(14)13-3-1-11(2-4-13)12-5-7-15(8-6-12)17(19,20)21/h1-8,14,16,22H,9-10H2. The van der Waals surface area contributed by atoms with Gasteiger partial charge < -0.3 is 0 Å². The molecule has 0 aliphatic heterocycles. The summed E-state index contributed by atoms with van der Waals surface area (Å²) in [5, 5.41) is 0. The van der Waals surface area contributed by atoms with E-state index in [1.165, 1.54) is 17.7 Å². The van der Waals surface area contributed by atoms with Crippen LogP contribution in [-0.4, -0.2) is 6.54 Å². The van der Waals surface area contributed by atoms with Gasteiger partial charge in [0.1, 0.15) is 0 Å². The first kappa shape index (κ1) is 15.4. The molecule has 22 heavy (non-hydrogen) atoms. The fraction of sp³-hybridized carbons (Fsp3) is 0.294. The molecular formula is C17H15ClF3N. The zero-order chi connectivity index (χ0) is 15.7. The first-order valence-electron chi connectivity index (χ1n) is 7.10. The lowest BCUT2D eigenvalue weighted by Crippen LogP contribution is -2.04. The summed E-state index contributed by atoms with van der Waals surface area (Å²) in [6.45, 7) is 0.798. The number of benzene rings is 2. The van der Waals surface area contributed by atoms with Crippen molar-refractivity contribution in [3.8, 4) is 11.1 Å². The van der Waals surface area contributed by atoms with Crippen LogP contribution in [0.3, 0.4) is 0 Å². The number of rotatable bonds is 4. The van der Waals surface area contributed by atoms with E-state index in [4.69, 9.17) is 11.8 Å². The topological polar surface area (TPSA) is 12.0 Å². The fourth-order valence-corrected chi connectivity index (χ4v) is 2.95. The summed E-state index contributed by atoms with van der Waals surface area (Å²) in [5.74, 6) is 1.11. The van der Waals surface area contributed by atoms with E-state index in [2.05, 4.69) is 4.84 Å². The summed E-state index contributed by atoms with van der Waals surface area (Å²) in [4.78, 5) is 2.66. The van der Waals surface area contributed by atoms with Gasteiger partial charge in [0.25, 0.3) is 0 Å². The third-order valence-electron chi connectivity index (χ3n) is 4.15. The Morgan fingerprint density at radius 2 is 1.50 bits per heavy atom. The first-order chi connectivity index (χ1) is 10.5. The molecule has 2 aromatic rings. The van der Waals surface area contributed by atoms with Crippen LogP contribution in [-0.2, 0) is 6.18 Å². The monoisotopic (exact) mass is 325 g/mol. The molecular weight excluding hydrogens is 311 g/mol. The van der Waals surface area contributed by atoms with Crippen LogP contribution in [0, 0.1) is 5.92 Å². The molecule has 116 valence electrons. The second-order valence-corrected chi connectivity index (χ2v) is 5.90. The van der Waals surface area contributed by atoms with E-state index < -0.39 is 11.7 Å². The van der Waals surface area contributed by atoms with Crippen LogP contribution < -0.4 is 4.84 Å². The third-order valence-corrected chi connectivity index (χ3v) is 4.30. The van der Waals surface area contributed by atoms with E-state index in [-0.39, 0.29) is 0 Å². The van der Waals surface area contributed by atoms with E-state index in [1.54, 1.807) is 0 Å². The summed E-state index contributed by atoms with van der Waals surface area (Å²) >= 11 is 5.51. The van der Waals surface area contributed by atoms with Crippen LogP contribution in [0.2, 0.25) is 0 Å². The van der Waals surface area contributed by atoms with Crippen LogP contribution in [0.5, 0.6) is 0 Å². The molecule has 2 unspecified atom stereocenters. The average molecular weight is 326 g/mol. The molecule has 1 aliphatic rings. The van der Waals surface area contributed by atoms with Crippen LogP contribution in [0.25, 0.3) is 11.1 Å². The van der Waals surface area contributed by atoms with E-state index in [0.29, 0.717) is 11.8 Å². The molecule has 0 aromatic heterocycles. The van der Waals surface area contributed by atoms with E-state index in [1.807, 2.05) is 24.3 Å². The lowest BCUT2D eigenvalue weighted by Gasteiger charge is -2.08. The van der Waals surface area contributed by atoms with Gasteiger partial charge in [0.15, 0.2) is 0 Å². The van der Waals surface area contributed by atoms with Gasteiger partial charge in [-0.25, -0.2) is 4.84 Å². The molecule has 0 bridgehead atoms. The molecule has 0 heterocycles. The number of hydrogen-bond donors (Lipinski definition) is 1. The summed E-state index contributed by atoms with van der Waals surface area (Å²) in [6, 6.07) is 13.3. The summed E-state index contributed by atoms with van der Waals surface area (Å²) in [5.41, 5.74) is 2.34. The van der Waals surface area contributed by atoms with Crippen molar-refractivity contribution in [2.45, 2.75) is 18.5 Å². The molecule has 2 atom stereocenters. The molecule has 1 fully saturated rings. The van der Waals surface area contributed by atoms with Gasteiger partial charge in [-0.2, -0.15) is 13.2 Å². The minimum absolute atomic E-state index is 0.535. The summed E-state index contributed by atoms with van der Waals surface area (Å²) < 4.78 is 37.7. The Bertz CT molecular complexity index is 634. The molecule has 0 radical (unpaired) electrons. The lowest BCUT2D eigenvalue weighted by atomic mass is 10.0. The Morgan fingerprint density at radius 1 is 0.955 bits per heavy atom. The zero-order valence-corrected chi connectivity index (χ0v) is 12.5. The highest BCUT2D eigenvalue weighted by Gasteiger charge is 2.37. The molecule has 1 N–H and O–H groups in total. The van der Waals surface area contributed by atoms with Crippen molar-refractivity contribution in [3.05, 3.63) is 59.7 Å². The molecule has 1 aliphatic carbocycles. The molecule has 0 spiro atoms. The van der Waals surface area contributed by atoms with Gasteiger partial charge in [0, 0.05) is 6.54 Å². The second-order valence-electron chi connectivity index (χ2n) is 5.64. The predicted molar refractivity (Wildman–Crippen MR) is 81.6 cm³/mol. The van der Waals surface area contributed by atoms with E-state index >= 15 is 0 Å². The zero-order valence-electron chi connectivity index (χ0n) is 11.7. The maximum Gasteiger partial charge on any atom is 0.416 e. The predicted octanol–water partition coefficient (Wildman–Crippen LogP) is 5.22. The number of hydrogen-bond acceptors (Lipinski definition) is 1. The SMILES string of the molecule is FC(F)(F)c1ccc(-c2ccc(C3CC3CNCl)cc2)cc1. The summed E-state index contributed by atoms with van der Waals surface area (Å²) in [7, 11) is 0. The molecule has 5 heteroatoms. The van der Waals surface area contributed by atoms with Crippen LogP contribution in [0.4, 0.5) is 13.2 Å². The minimum atomic E-state index is -4.29. The Balaban J connectivity index is 1.73. The first-order valence-corrected chi connectivity index (χ1v) is 7.48. The van der Waals surface area contributed by atoms with Crippen molar-refractivity contribution in [1.82, 2.24) is 4.84 Å². The maximum atomic E-state index is 12.6. The second kappa shape index (κ2) is 5.94. The van der Waals surface area contributed by atoms with Crippen molar-refractivity contribution in [3.63, 3.8) is 0 Å². The van der Waals surface area contributed by atoms with Crippen molar-refractivity contribution >= 4 is 11.8 Å². The number of alkyl halides is 3. The lowest BCUT2D eigenvalue weighted by molar-refractivity contribution is -0.137. The Morgan fingerprint density at radius 3 is 2.00 bits per heavy atom. The van der Waals surface area contributed by atoms with Gasteiger partial charge in [-0.15, -0.1) is 0 Å². The highest BCUT2D eigenvalue weighted by atomic mass is 35.5. The van der Waals surface area contributed by atoms with Crippen molar-refractivity contribution in [2.75, 3.05) is 6.54 Å². The van der Waals surface area contributed by atoms with Gasteiger partial charge >= 0.3 is 6.18 Å². The molecule has 2 aromatic carbocycles. The third kappa shape index (κ3) is 3.28. The minimum Gasteiger partial charge on any atom is -0.233 e. The highest BCUT2D eigenvalue weighted by Crippen LogP contribution is 2.47. The number of nitrogens with one attached hydrogen (secondary N) is 1. The Labute approximate surface area is 132 Å². The molecule has 0 amide bonds. The largest absolute Gasteiger partial charge is 0.416 e. The normalized spacial score (nSPS) is 20.9. The van der Waals surface area contributed by atoms with Crippen molar-refractivity contribution in [1.29, 1.82) is 0 Å². The quantitative estimate of drug-likeness (QED) is 0.760. The smallest absolute Gasteiger partial charge is 0.233 e. The van der Waals surface area contributed by atoms with E-state index in [9.17, 15) is 13.2 Å². The fourth-order valence-electron chi connectivity index (χ4n) is 2.75. The van der Waals surface area contributed by atoms with Crippen molar-refractivity contribution < 1.29 is 13.2 Å². The van der Waals surface area contributed by atoms with E-state index in [0.717, 1.165) is 36.2 Å². The average Bonchev–Trinajstić information content (AvgIpc) is 3.26. The Hall–Kier alpha value is -1.52. The van der Waals surface area contributed by atoms with Crippen LogP contribution in [0.1, 0.15) is 23.5 Å². The van der Waals surface area contributed by atoms with Crippen molar-refractivity contribution in [2.24, 2.45) is 5.92 Å². The molecule has 1 saturated carbocycles. The molecule has 1 nitrogen and oxygen atoms in total. The van der Waals surface area contributed by atoms with Gasteiger partial charge in [-0.1, -0.05) is 36.4 Å². The van der Waals surface area contributed by atoms with Gasteiger partial charge in [-0.05, 0) is 58.9 Å².